The molecule has 86 valence electrons. The number of hydrogen-bond donors (Lipinski definition) is 1. The molecule has 0 bridgehead atoms. The average molecular weight is 207 g/mol. The van der Waals surface area contributed by atoms with Gasteiger partial charge in [-0.25, -0.2) is 0 Å². The lowest BCUT2D eigenvalue weighted by Crippen LogP contribution is -2.39. The van der Waals surface area contributed by atoms with Crippen LogP contribution < -0.4 is 5.32 Å². The first-order valence-electron chi connectivity index (χ1n) is 6.40. The average Bonchev–Trinajstić information content (AvgIpc) is 2.26. The Morgan fingerprint density at radius 3 is 3.00 bits per heavy atom. The van der Waals surface area contributed by atoms with Crippen LogP contribution in [0.3, 0.4) is 0 Å². The van der Waals surface area contributed by atoms with E-state index in [1.807, 2.05) is 6.08 Å². The van der Waals surface area contributed by atoms with Crippen molar-refractivity contribution in [1.82, 2.24) is 5.32 Å². The van der Waals surface area contributed by atoms with Gasteiger partial charge in [-0.1, -0.05) is 50.8 Å². The lowest BCUT2D eigenvalue weighted by atomic mass is 9.99. The van der Waals surface area contributed by atoms with E-state index in [1.165, 1.54) is 32.1 Å². The van der Waals surface area contributed by atoms with Crippen molar-refractivity contribution in [3.8, 4) is 0 Å². The van der Waals surface area contributed by atoms with Gasteiger partial charge in [0.2, 0.25) is 0 Å². The summed E-state index contributed by atoms with van der Waals surface area (Å²) in [6.45, 7) is 6.06. The Kier molecular flexibility index (Phi) is 6.42. The maximum Gasteiger partial charge on any atom is 0.0252 e. The van der Waals surface area contributed by atoms with Gasteiger partial charge in [0, 0.05) is 12.1 Å². The third kappa shape index (κ3) is 5.17. The van der Waals surface area contributed by atoms with Crippen LogP contribution in [0.5, 0.6) is 0 Å². The Hall–Kier alpha value is -0.560. The minimum atomic E-state index is 0.612. The van der Waals surface area contributed by atoms with Crippen LogP contribution in [0.4, 0.5) is 0 Å². The summed E-state index contributed by atoms with van der Waals surface area (Å²) in [7, 11) is 0. The predicted molar refractivity (Wildman–Crippen MR) is 68.0 cm³/mol. The predicted octanol–water partition coefficient (Wildman–Crippen LogP) is 3.82. The Labute approximate surface area is 94.6 Å². The molecule has 0 fully saturated rings. The molecule has 0 spiro atoms. The van der Waals surface area contributed by atoms with Gasteiger partial charge in [0.25, 0.3) is 0 Å². The van der Waals surface area contributed by atoms with Crippen LogP contribution in [0.25, 0.3) is 0 Å². The molecule has 1 heteroatoms. The van der Waals surface area contributed by atoms with Gasteiger partial charge in [0.15, 0.2) is 0 Å². The molecule has 0 aromatic carbocycles. The first-order valence-corrected chi connectivity index (χ1v) is 6.40. The van der Waals surface area contributed by atoms with Gasteiger partial charge >= 0.3 is 0 Å². The molecule has 1 nitrogen and oxygen atoms in total. The molecular formula is C14H25N. The monoisotopic (exact) mass is 207 g/mol. The van der Waals surface area contributed by atoms with Crippen molar-refractivity contribution in [2.75, 3.05) is 0 Å². The Morgan fingerprint density at radius 2 is 2.27 bits per heavy atom. The fraction of sp³-hybridized carbons (Fsp3) is 0.714. The van der Waals surface area contributed by atoms with Gasteiger partial charge in [-0.15, -0.1) is 6.58 Å². The summed E-state index contributed by atoms with van der Waals surface area (Å²) >= 11 is 0. The quantitative estimate of drug-likeness (QED) is 0.494. The topological polar surface area (TPSA) is 12.0 Å². The minimum Gasteiger partial charge on any atom is -0.307 e. The largest absolute Gasteiger partial charge is 0.307 e. The molecule has 1 heterocycles. The second-order valence-electron chi connectivity index (χ2n) is 4.51. The zero-order valence-electron chi connectivity index (χ0n) is 10.0. The summed E-state index contributed by atoms with van der Waals surface area (Å²) in [5.74, 6) is 0. The summed E-state index contributed by atoms with van der Waals surface area (Å²) in [5, 5.41) is 3.67. The minimum absolute atomic E-state index is 0.612. The van der Waals surface area contributed by atoms with Gasteiger partial charge < -0.3 is 5.32 Å². The zero-order valence-corrected chi connectivity index (χ0v) is 10.0. The van der Waals surface area contributed by atoms with Crippen molar-refractivity contribution in [3.05, 3.63) is 24.8 Å². The smallest absolute Gasteiger partial charge is 0.0252 e. The van der Waals surface area contributed by atoms with Gasteiger partial charge in [-0.3, -0.25) is 0 Å². The molecule has 1 aliphatic heterocycles. The van der Waals surface area contributed by atoms with Crippen LogP contribution in [0.1, 0.15) is 51.9 Å². The highest BCUT2D eigenvalue weighted by Crippen LogP contribution is 2.13. The Bertz CT molecular complexity index is 196. The van der Waals surface area contributed by atoms with Crippen LogP contribution in [-0.2, 0) is 0 Å². The molecule has 1 rings (SSSR count). The number of nitrogens with one attached hydrogen (secondary N) is 1. The summed E-state index contributed by atoms with van der Waals surface area (Å²) < 4.78 is 0. The van der Waals surface area contributed by atoms with Gasteiger partial charge in [0.1, 0.15) is 0 Å². The third-order valence-electron chi connectivity index (χ3n) is 3.06. The molecule has 0 aromatic heterocycles. The van der Waals surface area contributed by atoms with Crippen molar-refractivity contribution in [3.63, 3.8) is 0 Å². The summed E-state index contributed by atoms with van der Waals surface area (Å²) in [4.78, 5) is 0. The number of unbranched alkanes of at least 4 members (excludes halogenated alkanes) is 3. The second kappa shape index (κ2) is 7.70. The summed E-state index contributed by atoms with van der Waals surface area (Å²) in [6.07, 6.45) is 15.7. The molecule has 0 saturated carbocycles. The molecule has 1 N–H and O–H groups in total. The highest BCUT2D eigenvalue weighted by atomic mass is 14.9. The van der Waals surface area contributed by atoms with Gasteiger partial charge in [0.05, 0.1) is 0 Å². The van der Waals surface area contributed by atoms with E-state index in [0.29, 0.717) is 12.1 Å². The Balaban J connectivity index is 2.15. The van der Waals surface area contributed by atoms with Crippen molar-refractivity contribution in [2.24, 2.45) is 0 Å². The summed E-state index contributed by atoms with van der Waals surface area (Å²) in [5.41, 5.74) is 0. The van der Waals surface area contributed by atoms with E-state index in [2.05, 4.69) is 31.0 Å². The van der Waals surface area contributed by atoms with Crippen LogP contribution in [0, 0.1) is 0 Å². The molecule has 0 radical (unpaired) electrons. The Morgan fingerprint density at radius 1 is 1.40 bits per heavy atom. The first-order chi connectivity index (χ1) is 7.36. The fourth-order valence-corrected chi connectivity index (χ4v) is 2.17. The van der Waals surface area contributed by atoms with E-state index in [4.69, 9.17) is 0 Å². The molecule has 1 aliphatic rings. The van der Waals surface area contributed by atoms with E-state index in [-0.39, 0.29) is 0 Å². The standard InChI is InChI=1S/C14H25N/c1-3-5-6-7-10-14-12-8-11-13(15-14)9-4-2/h4,8,12-15H,2-3,5-7,9-11H2,1H3/t13-,14+/m0/s1. The van der Waals surface area contributed by atoms with Crippen molar-refractivity contribution in [1.29, 1.82) is 0 Å². The van der Waals surface area contributed by atoms with Gasteiger partial charge in [-0.2, -0.15) is 0 Å². The SMILES string of the molecule is C=CC[C@H]1CC=C[C@@H](CCCCCC)N1. The van der Waals surface area contributed by atoms with Crippen LogP contribution in [0.15, 0.2) is 24.8 Å². The van der Waals surface area contributed by atoms with E-state index in [0.717, 1.165) is 12.8 Å². The summed E-state index contributed by atoms with van der Waals surface area (Å²) in [6, 6.07) is 1.24. The molecular weight excluding hydrogens is 182 g/mol. The highest BCUT2D eigenvalue weighted by Gasteiger charge is 2.14. The van der Waals surface area contributed by atoms with Crippen LogP contribution in [0.2, 0.25) is 0 Å². The lowest BCUT2D eigenvalue weighted by Gasteiger charge is -2.26. The highest BCUT2D eigenvalue weighted by molar-refractivity contribution is 5.02. The van der Waals surface area contributed by atoms with Crippen molar-refractivity contribution >= 4 is 0 Å². The van der Waals surface area contributed by atoms with Crippen LogP contribution >= 0.6 is 0 Å². The normalized spacial score (nSPS) is 25.4. The van der Waals surface area contributed by atoms with E-state index >= 15 is 0 Å². The van der Waals surface area contributed by atoms with Crippen molar-refractivity contribution < 1.29 is 0 Å². The molecule has 0 unspecified atom stereocenters. The molecule has 0 saturated heterocycles. The van der Waals surface area contributed by atoms with E-state index in [1.54, 1.807) is 0 Å². The lowest BCUT2D eigenvalue weighted by molar-refractivity contribution is 0.424. The second-order valence-corrected chi connectivity index (χ2v) is 4.51. The third-order valence-corrected chi connectivity index (χ3v) is 3.06. The van der Waals surface area contributed by atoms with E-state index in [9.17, 15) is 0 Å². The molecule has 0 aromatic rings. The molecule has 15 heavy (non-hydrogen) atoms. The van der Waals surface area contributed by atoms with E-state index < -0.39 is 0 Å². The molecule has 0 amide bonds. The first kappa shape index (κ1) is 12.5. The number of rotatable bonds is 7. The fourth-order valence-electron chi connectivity index (χ4n) is 2.17. The van der Waals surface area contributed by atoms with Gasteiger partial charge in [-0.05, 0) is 19.3 Å². The molecule has 2 atom stereocenters. The van der Waals surface area contributed by atoms with Crippen LogP contribution in [-0.4, -0.2) is 12.1 Å². The van der Waals surface area contributed by atoms with Crippen molar-refractivity contribution in [2.45, 2.75) is 64.0 Å². The zero-order chi connectivity index (χ0) is 10.9. The maximum absolute atomic E-state index is 3.80. The number of hydrogen-bond acceptors (Lipinski definition) is 1. The maximum atomic E-state index is 3.80. The molecule has 0 aliphatic carbocycles.